The van der Waals surface area contributed by atoms with Crippen LogP contribution in [-0.2, 0) is 12.8 Å². The largest absolute Gasteiger partial charge is 0.271 e. The van der Waals surface area contributed by atoms with Gasteiger partial charge in [-0.2, -0.15) is 0 Å². The zero-order valence-electron chi connectivity index (χ0n) is 8.01. The third-order valence-electron chi connectivity index (χ3n) is 2.83. The summed E-state index contributed by atoms with van der Waals surface area (Å²) < 4.78 is 0. The molecule has 1 aliphatic carbocycles. The van der Waals surface area contributed by atoms with E-state index in [1.165, 1.54) is 16.7 Å². The maximum atomic E-state index is 5.44. The van der Waals surface area contributed by atoms with Crippen LogP contribution in [0.2, 0.25) is 0 Å². The molecule has 0 spiro atoms. The molecule has 0 aromatic heterocycles. The van der Waals surface area contributed by atoms with Crippen LogP contribution in [0.5, 0.6) is 0 Å². The first kappa shape index (κ1) is 8.73. The van der Waals surface area contributed by atoms with Gasteiger partial charge in [0.15, 0.2) is 0 Å². The van der Waals surface area contributed by atoms with E-state index in [0.29, 0.717) is 6.04 Å². The third kappa shape index (κ3) is 1.74. The molecule has 1 aromatic carbocycles. The van der Waals surface area contributed by atoms with Crippen molar-refractivity contribution < 1.29 is 0 Å². The van der Waals surface area contributed by atoms with Crippen molar-refractivity contribution in [2.24, 2.45) is 5.84 Å². The molecule has 3 N–H and O–H groups in total. The highest BCUT2D eigenvalue weighted by molar-refractivity contribution is 5.34. The van der Waals surface area contributed by atoms with Crippen LogP contribution in [0, 0.1) is 6.92 Å². The van der Waals surface area contributed by atoms with Crippen LogP contribution < -0.4 is 11.3 Å². The molecule has 0 aliphatic heterocycles. The number of hydrogen-bond donors (Lipinski definition) is 2. The lowest BCUT2D eigenvalue weighted by molar-refractivity contribution is 0.470. The van der Waals surface area contributed by atoms with E-state index in [0.717, 1.165) is 19.3 Å². The molecule has 1 atom stereocenters. The Morgan fingerprint density at radius 1 is 1.38 bits per heavy atom. The van der Waals surface area contributed by atoms with Crippen molar-refractivity contribution in [2.45, 2.75) is 32.2 Å². The zero-order valence-corrected chi connectivity index (χ0v) is 8.01. The molecule has 0 amide bonds. The van der Waals surface area contributed by atoms with Crippen molar-refractivity contribution in [3.8, 4) is 0 Å². The van der Waals surface area contributed by atoms with Crippen molar-refractivity contribution in [1.29, 1.82) is 0 Å². The SMILES string of the molecule is Cc1ccc2c(c1)CCC(NN)C2. The normalized spacial score (nSPS) is 21.2. The molecule has 13 heavy (non-hydrogen) atoms. The minimum Gasteiger partial charge on any atom is -0.271 e. The average Bonchev–Trinajstić information content (AvgIpc) is 2.17. The number of aryl methyl sites for hydroxylation is 2. The molecular weight excluding hydrogens is 160 g/mol. The molecule has 0 radical (unpaired) electrons. The lowest BCUT2D eigenvalue weighted by Crippen LogP contribution is -2.39. The highest BCUT2D eigenvalue weighted by Gasteiger charge is 2.16. The van der Waals surface area contributed by atoms with E-state index in [2.05, 4.69) is 30.5 Å². The van der Waals surface area contributed by atoms with Crippen molar-refractivity contribution in [3.05, 3.63) is 34.9 Å². The molecule has 0 bridgehead atoms. The fraction of sp³-hybridized carbons (Fsp3) is 0.455. The van der Waals surface area contributed by atoms with Gasteiger partial charge in [0, 0.05) is 6.04 Å². The number of rotatable bonds is 1. The van der Waals surface area contributed by atoms with Gasteiger partial charge in [-0.3, -0.25) is 11.3 Å². The number of hydrazine groups is 1. The Balaban J connectivity index is 2.26. The molecular formula is C11H16N2. The number of benzene rings is 1. The highest BCUT2D eigenvalue weighted by atomic mass is 15.2. The minimum absolute atomic E-state index is 0.468. The Hall–Kier alpha value is -0.860. The van der Waals surface area contributed by atoms with Gasteiger partial charge in [0.05, 0.1) is 0 Å². The van der Waals surface area contributed by atoms with Crippen LogP contribution in [0.25, 0.3) is 0 Å². The summed E-state index contributed by atoms with van der Waals surface area (Å²) in [7, 11) is 0. The highest BCUT2D eigenvalue weighted by Crippen LogP contribution is 2.21. The third-order valence-corrected chi connectivity index (χ3v) is 2.83. The predicted octanol–water partition coefficient (Wildman–Crippen LogP) is 1.32. The zero-order chi connectivity index (χ0) is 9.26. The summed E-state index contributed by atoms with van der Waals surface area (Å²) in [5, 5.41) is 0. The van der Waals surface area contributed by atoms with Gasteiger partial charge in [0.2, 0.25) is 0 Å². The van der Waals surface area contributed by atoms with Crippen molar-refractivity contribution in [3.63, 3.8) is 0 Å². The molecule has 2 heteroatoms. The van der Waals surface area contributed by atoms with Crippen LogP contribution in [0.15, 0.2) is 18.2 Å². The molecule has 2 nitrogen and oxygen atoms in total. The van der Waals surface area contributed by atoms with Gasteiger partial charge < -0.3 is 0 Å². The molecule has 0 heterocycles. The van der Waals surface area contributed by atoms with Crippen molar-refractivity contribution >= 4 is 0 Å². The van der Waals surface area contributed by atoms with Gasteiger partial charge in [-0.05, 0) is 37.3 Å². The standard InChI is InChI=1S/C11H16N2/c1-8-2-3-10-7-11(13-12)5-4-9(10)6-8/h2-3,6,11,13H,4-5,7,12H2,1H3. The average molecular weight is 176 g/mol. The topological polar surface area (TPSA) is 38.0 Å². The first-order valence-electron chi connectivity index (χ1n) is 4.84. The Labute approximate surface area is 79.1 Å². The molecule has 1 aliphatic rings. The van der Waals surface area contributed by atoms with Gasteiger partial charge in [-0.25, -0.2) is 0 Å². The van der Waals surface area contributed by atoms with Crippen LogP contribution in [0.3, 0.4) is 0 Å². The van der Waals surface area contributed by atoms with Crippen LogP contribution in [0.4, 0.5) is 0 Å². The maximum absolute atomic E-state index is 5.44. The molecule has 70 valence electrons. The summed E-state index contributed by atoms with van der Waals surface area (Å²) in [6, 6.07) is 7.17. The van der Waals surface area contributed by atoms with Crippen LogP contribution in [-0.4, -0.2) is 6.04 Å². The Morgan fingerprint density at radius 2 is 2.23 bits per heavy atom. The van der Waals surface area contributed by atoms with E-state index >= 15 is 0 Å². The monoisotopic (exact) mass is 176 g/mol. The van der Waals surface area contributed by atoms with Gasteiger partial charge in [0.25, 0.3) is 0 Å². The lowest BCUT2D eigenvalue weighted by Gasteiger charge is -2.24. The molecule has 1 aromatic rings. The first-order chi connectivity index (χ1) is 6.29. The Kier molecular flexibility index (Phi) is 2.34. The molecule has 1 unspecified atom stereocenters. The van der Waals surface area contributed by atoms with E-state index in [1.54, 1.807) is 0 Å². The summed E-state index contributed by atoms with van der Waals surface area (Å²) in [5.41, 5.74) is 7.18. The van der Waals surface area contributed by atoms with Gasteiger partial charge >= 0.3 is 0 Å². The summed E-state index contributed by atoms with van der Waals surface area (Å²) in [6.07, 6.45) is 3.39. The summed E-state index contributed by atoms with van der Waals surface area (Å²) in [5.74, 6) is 5.44. The molecule has 0 saturated heterocycles. The second kappa shape index (κ2) is 3.48. The van der Waals surface area contributed by atoms with E-state index < -0.39 is 0 Å². The smallest absolute Gasteiger partial charge is 0.0254 e. The van der Waals surface area contributed by atoms with Crippen LogP contribution >= 0.6 is 0 Å². The van der Waals surface area contributed by atoms with Crippen LogP contribution in [0.1, 0.15) is 23.1 Å². The quantitative estimate of drug-likeness (QED) is 0.500. The fourth-order valence-corrected chi connectivity index (χ4v) is 2.03. The van der Waals surface area contributed by atoms with Gasteiger partial charge in [0.1, 0.15) is 0 Å². The van der Waals surface area contributed by atoms with E-state index in [9.17, 15) is 0 Å². The second-order valence-electron chi connectivity index (χ2n) is 3.88. The number of nitrogens with one attached hydrogen (secondary N) is 1. The predicted molar refractivity (Wildman–Crippen MR) is 54.3 cm³/mol. The van der Waals surface area contributed by atoms with E-state index in [4.69, 9.17) is 5.84 Å². The Bertz CT molecular complexity index is 307. The van der Waals surface area contributed by atoms with Gasteiger partial charge in [-0.15, -0.1) is 0 Å². The summed E-state index contributed by atoms with van der Waals surface area (Å²) >= 11 is 0. The summed E-state index contributed by atoms with van der Waals surface area (Å²) in [4.78, 5) is 0. The van der Waals surface area contributed by atoms with Crippen molar-refractivity contribution in [1.82, 2.24) is 5.43 Å². The van der Waals surface area contributed by atoms with Crippen molar-refractivity contribution in [2.75, 3.05) is 0 Å². The number of fused-ring (bicyclic) bond motifs is 1. The number of nitrogens with two attached hydrogens (primary N) is 1. The fourth-order valence-electron chi connectivity index (χ4n) is 2.03. The summed E-state index contributed by atoms with van der Waals surface area (Å²) in [6.45, 7) is 2.15. The van der Waals surface area contributed by atoms with E-state index in [1.807, 2.05) is 0 Å². The van der Waals surface area contributed by atoms with Gasteiger partial charge in [-0.1, -0.05) is 23.8 Å². The number of hydrogen-bond acceptors (Lipinski definition) is 2. The first-order valence-corrected chi connectivity index (χ1v) is 4.84. The Morgan fingerprint density at radius 3 is 3.00 bits per heavy atom. The second-order valence-corrected chi connectivity index (χ2v) is 3.88. The minimum atomic E-state index is 0.468. The molecule has 2 rings (SSSR count). The van der Waals surface area contributed by atoms with E-state index in [-0.39, 0.29) is 0 Å². The lowest BCUT2D eigenvalue weighted by atomic mass is 9.88. The maximum Gasteiger partial charge on any atom is 0.0254 e. The molecule has 0 saturated carbocycles. The molecule has 0 fully saturated rings.